The van der Waals surface area contributed by atoms with Gasteiger partial charge in [-0.05, 0) is 61.0 Å². The number of phenolic OH excluding ortho intramolecular Hbond substituents is 1. The number of benzene rings is 2. The molecule has 0 bridgehead atoms. The number of phenols is 1. The van der Waals surface area contributed by atoms with Gasteiger partial charge in [0, 0.05) is 0 Å². The highest BCUT2D eigenvalue weighted by Gasteiger charge is 2.36. The number of hydrogen-bond acceptors (Lipinski definition) is 4. The van der Waals surface area contributed by atoms with Crippen LogP contribution in [0.1, 0.15) is 16.7 Å². The van der Waals surface area contributed by atoms with Crippen LogP contribution in [0.2, 0.25) is 0 Å². The van der Waals surface area contributed by atoms with Crippen LogP contribution >= 0.6 is 11.8 Å². The van der Waals surface area contributed by atoms with E-state index in [1.165, 1.54) is 4.90 Å². The lowest BCUT2D eigenvalue weighted by Gasteiger charge is -2.15. The van der Waals surface area contributed by atoms with Crippen LogP contribution in [0.25, 0.3) is 6.08 Å². The second-order valence-electron chi connectivity index (χ2n) is 5.40. The van der Waals surface area contributed by atoms with Crippen LogP contribution in [0, 0.1) is 13.8 Å². The molecule has 1 aliphatic rings. The Balaban J connectivity index is 1.95. The monoisotopic (exact) mass is 325 g/mol. The van der Waals surface area contributed by atoms with Gasteiger partial charge in [0.15, 0.2) is 0 Å². The van der Waals surface area contributed by atoms with E-state index in [0.29, 0.717) is 10.6 Å². The van der Waals surface area contributed by atoms with Crippen molar-refractivity contribution in [1.82, 2.24) is 0 Å². The molecule has 3 rings (SSSR count). The Morgan fingerprint density at radius 2 is 1.74 bits per heavy atom. The van der Waals surface area contributed by atoms with Crippen LogP contribution < -0.4 is 4.90 Å². The number of carbonyl (C=O) groups excluding carboxylic acids is 2. The Bertz CT molecular complexity index is 825. The number of aromatic hydroxyl groups is 1. The first-order valence-corrected chi connectivity index (χ1v) is 7.91. The fourth-order valence-corrected chi connectivity index (χ4v) is 3.29. The summed E-state index contributed by atoms with van der Waals surface area (Å²) >= 11 is 0.925. The van der Waals surface area contributed by atoms with Crippen molar-refractivity contribution in [3.05, 3.63) is 64.1 Å². The molecule has 1 aliphatic heterocycles. The smallest absolute Gasteiger partial charge is 0.298 e. The standard InChI is InChI=1S/C18H15NO3S/c1-11-3-8-15(12(2)9-11)19-17(21)16(23-18(19)22)10-13-4-6-14(20)7-5-13/h3-10,20H,1-2H3/b16-10-. The molecule has 0 aromatic heterocycles. The van der Waals surface area contributed by atoms with E-state index in [2.05, 4.69) is 0 Å². The summed E-state index contributed by atoms with van der Waals surface area (Å²) in [6, 6.07) is 12.1. The van der Waals surface area contributed by atoms with Gasteiger partial charge < -0.3 is 5.11 Å². The maximum atomic E-state index is 12.6. The molecule has 5 heteroatoms. The first-order chi connectivity index (χ1) is 11.0. The summed E-state index contributed by atoms with van der Waals surface area (Å²) < 4.78 is 0. The van der Waals surface area contributed by atoms with Crippen molar-refractivity contribution in [3.63, 3.8) is 0 Å². The zero-order chi connectivity index (χ0) is 16.6. The van der Waals surface area contributed by atoms with Gasteiger partial charge in [0.1, 0.15) is 5.75 Å². The van der Waals surface area contributed by atoms with Gasteiger partial charge in [0.2, 0.25) is 0 Å². The molecular weight excluding hydrogens is 310 g/mol. The average molecular weight is 325 g/mol. The van der Waals surface area contributed by atoms with Crippen molar-refractivity contribution >= 4 is 34.7 Å². The van der Waals surface area contributed by atoms with Gasteiger partial charge in [0.05, 0.1) is 10.6 Å². The molecule has 0 atom stereocenters. The van der Waals surface area contributed by atoms with Gasteiger partial charge in [0.25, 0.3) is 11.1 Å². The van der Waals surface area contributed by atoms with Crippen LogP contribution in [0.4, 0.5) is 10.5 Å². The Kier molecular flexibility index (Phi) is 3.96. The molecule has 1 N–H and O–H groups in total. The van der Waals surface area contributed by atoms with Crippen LogP contribution in [0.3, 0.4) is 0 Å². The second kappa shape index (κ2) is 5.93. The van der Waals surface area contributed by atoms with E-state index in [-0.39, 0.29) is 16.9 Å². The molecule has 4 nitrogen and oxygen atoms in total. The zero-order valence-corrected chi connectivity index (χ0v) is 13.6. The molecule has 1 saturated heterocycles. The molecule has 1 heterocycles. The quantitative estimate of drug-likeness (QED) is 0.839. The van der Waals surface area contributed by atoms with Crippen molar-refractivity contribution in [2.75, 3.05) is 4.90 Å². The third kappa shape index (κ3) is 3.00. The molecule has 0 spiro atoms. The number of nitrogens with zero attached hydrogens (tertiary/aromatic N) is 1. The normalized spacial score (nSPS) is 16.4. The summed E-state index contributed by atoms with van der Waals surface area (Å²) in [6.45, 7) is 3.85. The third-order valence-electron chi connectivity index (χ3n) is 3.58. The van der Waals surface area contributed by atoms with Crippen molar-refractivity contribution < 1.29 is 14.7 Å². The lowest BCUT2D eigenvalue weighted by Crippen LogP contribution is -2.28. The van der Waals surface area contributed by atoms with E-state index in [4.69, 9.17) is 0 Å². The van der Waals surface area contributed by atoms with E-state index in [0.717, 1.165) is 28.5 Å². The van der Waals surface area contributed by atoms with E-state index < -0.39 is 0 Å². The molecular formula is C18H15NO3S. The van der Waals surface area contributed by atoms with Gasteiger partial charge >= 0.3 is 0 Å². The van der Waals surface area contributed by atoms with Gasteiger partial charge in [-0.2, -0.15) is 0 Å². The average Bonchev–Trinajstić information content (AvgIpc) is 2.77. The number of aryl methyl sites for hydroxylation is 2. The Morgan fingerprint density at radius 3 is 2.39 bits per heavy atom. The van der Waals surface area contributed by atoms with Gasteiger partial charge in [-0.25, -0.2) is 4.90 Å². The first-order valence-electron chi connectivity index (χ1n) is 7.10. The predicted molar refractivity (Wildman–Crippen MR) is 92.5 cm³/mol. The van der Waals surface area contributed by atoms with Gasteiger partial charge in [-0.3, -0.25) is 9.59 Å². The summed E-state index contributed by atoms with van der Waals surface area (Å²) in [6.07, 6.45) is 1.66. The number of rotatable bonds is 2. The maximum Gasteiger partial charge on any atom is 0.298 e. The molecule has 23 heavy (non-hydrogen) atoms. The Morgan fingerprint density at radius 1 is 1.04 bits per heavy atom. The van der Waals surface area contributed by atoms with Crippen LogP contribution in [0.5, 0.6) is 5.75 Å². The molecule has 1 fully saturated rings. The summed E-state index contributed by atoms with van der Waals surface area (Å²) in [5, 5.41) is 9.00. The minimum atomic E-state index is -0.319. The molecule has 2 aromatic carbocycles. The molecule has 0 aliphatic carbocycles. The lowest BCUT2D eigenvalue weighted by atomic mass is 10.1. The first kappa shape index (κ1) is 15.4. The highest BCUT2D eigenvalue weighted by atomic mass is 32.2. The number of amides is 2. The van der Waals surface area contributed by atoms with Gasteiger partial charge in [-0.15, -0.1) is 0 Å². The van der Waals surface area contributed by atoms with E-state index >= 15 is 0 Å². The summed E-state index contributed by atoms with van der Waals surface area (Å²) in [4.78, 5) is 26.4. The lowest BCUT2D eigenvalue weighted by molar-refractivity contribution is -0.113. The minimum Gasteiger partial charge on any atom is -0.508 e. The van der Waals surface area contributed by atoms with E-state index in [1.807, 2.05) is 26.0 Å². The highest BCUT2D eigenvalue weighted by molar-refractivity contribution is 8.19. The van der Waals surface area contributed by atoms with Crippen LogP contribution in [-0.4, -0.2) is 16.3 Å². The molecule has 116 valence electrons. The second-order valence-corrected chi connectivity index (χ2v) is 6.39. The molecule has 0 unspecified atom stereocenters. The predicted octanol–water partition coefficient (Wildman–Crippen LogP) is 4.25. The SMILES string of the molecule is Cc1ccc(N2C(=O)S/C(=C\c3ccc(O)cc3)C2=O)c(C)c1. The van der Waals surface area contributed by atoms with Crippen molar-refractivity contribution in [2.24, 2.45) is 0 Å². The van der Waals surface area contributed by atoms with Gasteiger partial charge in [-0.1, -0.05) is 29.8 Å². The number of imide groups is 1. The molecule has 0 radical (unpaired) electrons. The largest absolute Gasteiger partial charge is 0.508 e. The van der Waals surface area contributed by atoms with Crippen molar-refractivity contribution in [3.8, 4) is 5.75 Å². The van der Waals surface area contributed by atoms with E-state index in [9.17, 15) is 14.7 Å². The number of thioether (sulfide) groups is 1. The molecule has 0 saturated carbocycles. The zero-order valence-electron chi connectivity index (χ0n) is 12.7. The van der Waals surface area contributed by atoms with E-state index in [1.54, 1.807) is 36.4 Å². The molecule has 2 amide bonds. The van der Waals surface area contributed by atoms with Crippen molar-refractivity contribution in [2.45, 2.75) is 13.8 Å². The number of carbonyl (C=O) groups is 2. The topological polar surface area (TPSA) is 57.6 Å². The number of anilines is 1. The third-order valence-corrected chi connectivity index (χ3v) is 4.45. The van der Waals surface area contributed by atoms with Crippen LogP contribution in [0.15, 0.2) is 47.4 Å². The fourth-order valence-electron chi connectivity index (χ4n) is 2.45. The number of hydrogen-bond donors (Lipinski definition) is 1. The maximum absolute atomic E-state index is 12.6. The summed E-state index contributed by atoms with van der Waals surface area (Å²) in [5.74, 6) is -0.162. The Hall–Kier alpha value is -2.53. The summed E-state index contributed by atoms with van der Waals surface area (Å²) in [7, 11) is 0. The summed E-state index contributed by atoms with van der Waals surface area (Å²) in [5.41, 5.74) is 3.34. The fraction of sp³-hybridized carbons (Fsp3) is 0.111. The molecule has 2 aromatic rings. The highest BCUT2D eigenvalue weighted by Crippen LogP contribution is 2.37. The van der Waals surface area contributed by atoms with Crippen LogP contribution in [-0.2, 0) is 4.79 Å². The minimum absolute atomic E-state index is 0.158. The Labute approximate surface area is 138 Å². The van der Waals surface area contributed by atoms with Crippen molar-refractivity contribution in [1.29, 1.82) is 0 Å².